The maximum absolute atomic E-state index is 12.2. The maximum atomic E-state index is 12.2. The van der Waals surface area contributed by atoms with Gasteiger partial charge in [-0.2, -0.15) is 0 Å². The molecular weight excluding hydrogens is 258 g/mol. The van der Waals surface area contributed by atoms with E-state index in [1.807, 2.05) is 20.8 Å². The molecule has 1 saturated heterocycles. The third-order valence-corrected chi connectivity index (χ3v) is 3.44. The number of hydrogen-bond donors (Lipinski definition) is 1. The first-order valence-electron chi connectivity index (χ1n) is 7.42. The lowest BCUT2D eigenvalue weighted by molar-refractivity contribution is -0.156. The van der Waals surface area contributed by atoms with Crippen molar-refractivity contribution >= 4 is 11.9 Å². The summed E-state index contributed by atoms with van der Waals surface area (Å²) in [6.07, 6.45) is 3.18. The summed E-state index contributed by atoms with van der Waals surface area (Å²) in [6, 6.07) is 0. The molecule has 1 amide bonds. The van der Waals surface area contributed by atoms with Crippen molar-refractivity contribution in [3.05, 3.63) is 0 Å². The summed E-state index contributed by atoms with van der Waals surface area (Å²) >= 11 is 0. The first kappa shape index (κ1) is 17.0. The van der Waals surface area contributed by atoms with Gasteiger partial charge in [-0.25, -0.2) is 0 Å². The van der Waals surface area contributed by atoms with Crippen LogP contribution in [0.3, 0.4) is 0 Å². The lowest BCUT2D eigenvalue weighted by Gasteiger charge is -2.27. The SMILES string of the molecule is CCOC(=O)C(C(=O)NCCC1CCCO1)C(C)(C)C. The third kappa shape index (κ3) is 5.12. The summed E-state index contributed by atoms with van der Waals surface area (Å²) in [6.45, 7) is 8.99. The van der Waals surface area contributed by atoms with E-state index in [4.69, 9.17) is 9.47 Å². The highest BCUT2D eigenvalue weighted by molar-refractivity contribution is 5.98. The van der Waals surface area contributed by atoms with E-state index < -0.39 is 17.3 Å². The molecule has 0 aliphatic carbocycles. The fourth-order valence-electron chi connectivity index (χ4n) is 2.41. The Kier molecular flexibility index (Phi) is 6.46. The largest absolute Gasteiger partial charge is 0.465 e. The second kappa shape index (κ2) is 7.62. The molecule has 1 aliphatic heterocycles. The summed E-state index contributed by atoms with van der Waals surface area (Å²) in [5, 5.41) is 2.84. The van der Waals surface area contributed by atoms with Crippen LogP contribution in [0, 0.1) is 11.3 Å². The number of rotatable bonds is 6. The Balaban J connectivity index is 2.48. The molecule has 0 aromatic rings. The molecule has 0 aromatic heterocycles. The van der Waals surface area contributed by atoms with E-state index in [-0.39, 0.29) is 18.6 Å². The van der Waals surface area contributed by atoms with Crippen LogP contribution in [-0.2, 0) is 19.1 Å². The highest BCUT2D eigenvalue weighted by Gasteiger charge is 2.38. The van der Waals surface area contributed by atoms with Gasteiger partial charge in [-0.05, 0) is 31.6 Å². The molecule has 2 unspecified atom stereocenters. The maximum Gasteiger partial charge on any atom is 0.319 e. The van der Waals surface area contributed by atoms with Gasteiger partial charge in [-0.15, -0.1) is 0 Å². The predicted octanol–water partition coefficient (Wildman–Crippen LogP) is 1.90. The number of carbonyl (C=O) groups is 2. The summed E-state index contributed by atoms with van der Waals surface area (Å²) in [5.74, 6) is -1.48. The van der Waals surface area contributed by atoms with Gasteiger partial charge in [0.15, 0.2) is 0 Å². The minimum atomic E-state index is -0.771. The fraction of sp³-hybridized carbons (Fsp3) is 0.867. The molecule has 5 heteroatoms. The van der Waals surface area contributed by atoms with E-state index in [1.54, 1.807) is 6.92 Å². The van der Waals surface area contributed by atoms with E-state index in [0.29, 0.717) is 6.54 Å². The minimum Gasteiger partial charge on any atom is -0.465 e. The molecule has 5 nitrogen and oxygen atoms in total. The van der Waals surface area contributed by atoms with Gasteiger partial charge in [0.2, 0.25) is 5.91 Å². The Morgan fingerprint density at radius 2 is 2.10 bits per heavy atom. The van der Waals surface area contributed by atoms with Crippen molar-refractivity contribution in [2.75, 3.05) is 19.8 Å². The molecule has 0 aromatic carbocycles. The zero-order valence-corrected chi connectivity index (χ0v) is 13.0. The molecule has 1 N–H and O–H groups in total. The van der Waals surface area contributed by atoms with Gasteiger partial charge in [0, 0.05) is 13.2 Å². The lowest BCUT2D eigenvalue weighted by Crippen LogP contribution is -2.44. The van der Waals surface area contributed by atoms with Crippen LogP contribution in [0.2, 0.25) is 0 Å². The average Bonchev–Trinajstić information content (AvgIpc) is 2.80. The van der Waals surface area contributed by atoms with Crippen molar-refractivity contribution in [3.63, 3.8) is 0 Å². The van der Waals surface area contributed by atoms with Crippen LogP contribution in [0.25, 0.3) is 0 Å². The molecule has 1 aliphatic rings. The molecule has 0 saturated carbocycles. The van der Waals surface area contributed by atoms with Crippen LogP contribution in [0.5, 0.6) is 0 Å². The second-order valence-corrected chi connectivity index (χ2v) is 6.27. The van der Waals surface area contributed by atoms with Crippen molar-refractivity contribution in [2.45, 2.75) is 53.1 Å². The Labute approximate surface area is 121 Å². The van der Waals surface area contributed by atoms with Crippen LogP contribution in [0.4, 0.5) is 0 Å². The summed E-state index contributed by atoms with van der Waals surface area (Å²) in [7, 11) is 0. The van der Waals surface area contributed by atoms with E-state index in [1.165, 1.54) is 0 Å². The highest BCUT2D eigenvalue weighted by atomic mass is 16.5. The third-order valence-electron chi connectivity index (χ3n) is 3.44. The molecule has 20 heavy (non-hydrogen) atoms. The number of amides is 1. The Morgan fingerprint density at radius 3 is 2.60 bits per heavy atom. The van der Waals surface area contributed by atoms with Gasteiger partial charge >= 0.3 is 5.97 Å². The summed E-state index contributed by atoms with van der Waals surface area (Å²) in [4.78, 5) is 24.2. The normalized spacial score (nSPS) is 20.5. The van der Waals surface area contributed by atoms with Crippen LogP contribution in [0.15, 0.2) is 0 Å². The fourth-order valence-corrected chi connectivity index (χ4v) is 2.41. The highest BCUT2D eigenvalue weighted by Crippen LogP contribution is 2.27. The molecule has 0 spiro atoms. The van der Waals surface area contributed by atoms with Gasteiger partial charge in [0.05, 0.1) is 12.7 Å². The standard InChI is InChI=1S/C15H27NO4/c1-5-19-14(18)12(15(2,3)4)13(17)16-9-8-11-7-6-10-20-11/h11-12H,5-10H2,1-4H3,(H,16,17). The van der Waals surface area contributed by atoms with E-state index in [2.05, 4.69) is 5.32 Å². The molecule has 1 rings (SSSR count). The zero-order valence-electron chi connectivity index (χ0n) is 13.0. The van der Waals surface area contributed by atoms with Crippen molar-refractivity contribution in [1.82, 2.24) is 5.32 Å². The number of carbonyl (C=O) groups excluding carboxylic acids is 2. The molecule has 0 bridgehead atoms. The van der Waals surface area contributed by atoms with Gasteiger partial charge in [0.25, 0.3) is 0 Å². The van der Waals surface area contributed by atoms with Gasteiger partial charge in [-0.1, -0.05) is 20.8 Å². The first-order chi connectivity index (χ1) is 9.36. The average molecular weight is 285 g/mol. The summed E-state index contributed by atoms with van der Waals surface area (Å²) < 4.78 is 10.5. The molecule has 1 heterocycles. The van der Waals surface area contributed by atoms with E-state index >= 15 is 0 Å². The van der Waals surface area contributed by atoms with Crippen LogP contribution in [-0.4, -0.2) is 37.7 Å². The van der Waals surface area contributed by atoms with Gasteiger partial charge < -0.3 is 14.8 Å². The smallest absolute Gasteiger partial charge is 0.319 e. The van der Waals surface area contributed by atoms with Crippen LogP contribution < -0.4 is 5.32 Å². The van der Waals surface area contributed by atoms with Crippen molar-refractivity contribution in [1.29, 1.82) is 0 Å². The van der Waals surface area contributed by atoms with E-state index in [0.717, 1.165) is 25.9 Å². The Hall–Kier alpha value is -1.10. The Morgan fingerprint density at radius 1 is 1.40 bits per heavy atom. The summed E-state index contributed by atoms with van der Waals surface area (Å²) in [5.41, 5.74) is -0.458. The van der Waals surface area contributed by atoms with Crippen LogP contribution >= 0.6 is 0 Å². The molecular formula is C15H27NO4. The first-order valence-corrected chi connectivity index (χ1v) is 7.42. The van der Waals surface area contributed by atoms with E-state index in [9.17, 15) is 9.59 Å². The monoisotopic (exact) mass is 285 g/mol. The topological polar surface area (TPSA) is 64.6 Å². The molecule has 116 valence electrons. The number of hydrogen-bond acceptors (Lipinski definition) is 4. The van der Waals surface area contributed by atoms with Gasteiger partial charge in [-0.3, -0.25) is 9.59 Å². The number of esters is 1. The lowest BCUT2D eigenvalue weighted by atomic mass is 9.80. The van der Waals surface area contributed by atoms with Crippen molar-refractivity contribution in [2.24, 2.45) is 11.3 Å². The van der Waals surface area contributed by atoms with Crippen molar-refractivity contribution in [3.8, 4) is 0 Å². The van der Waals surface area contributed by atoms with Crippen molar-refractivity contribution < 1.29 is 19.1 Å². The predicted molar refractivity (Wildman–Crippen MR) is 76.2 cm³/mol. The number of nitrogens with one attached hydrogen (secondary N) is 1. The molecule has 1 fully saturated rings. The minimum absolute atomic E-state index is 0.242. The molecule has 0 radical (unpaired) electrons. The molecule has 2 atom stereocenters. The van der Waals surface area contributed by atoms with Crippen LogP contribution in [0.1, 0.15) is 47.0 Å². The second-order valence-electron chi connectivity index (χ2n) is 6.27. The number of ether oxygens (including phenoxy) is 2. The van der Waals surface area contributed by atoms with Gasteiger partial charge in [0.1, 0.15) is 5.92 Å². The zero-order chi connectivity index (χ0) is 15.2. The quantitative estimate of drug-likeness (QED) is 0.598. The Bertz CT molecular complexity index is 329.